The number of nitrogen functional groups attached to an aromatic ring is 1. The fourth-order valence-electron chi connectivity index (χ4n) is 3.01. The fourth-order valence-corrected chi connectivity index (χ4v) is 3.01. The van der Waals surface area contributed by atoms with Gasteiger partial charge in [0.2, 0.25) is 5.95 Å². The van der Waals surface area contributed by atoms with Crippen LogP contribution in [0.1, 0.15) is 30.1 Å². The van der Waals surface area contributed by atoms with Crippen molar-refractivity contribution in [2.45, 2.75) is 19.8 Å². The van der Waals surface area contributed by atoms with E-state index in [0.717, 1.165) is 12.8 Å². The van der Waals surface area contributed by atoms with Crippen LogP contribution in [0, 0.1) is 5.92 Å². The Hall–Kier alpha value is -2.84. The molecule has 1 aliphatic heterocycles. The summed E-state index contributed by atoms with van der Waals surface area (Å²) in [6.45, 7) is 3.17. The Morgan fingerprint density at radius 2 is 2.29 bits per heavy atom. The van der Waals surface area contributed by atoms with E-state index in [1.54, 1.807) is 13.1 Å². The van der Waals surface area contributed by atoms with E-state index in [1.165, 1.54) is 10.6 Å². The molecule has 1 unspecified atom stereocenters. The van der Waals surface area contributed by atoms with Gasteiger partial charge in [0.1, 0.15) is 0 Å². The van der Waals surface area contributed by atoms with Gasteiger partial charge in [0, 0.05) is 13.1 Å². The van der Waals surface area contributed by atoms with Crippen LogP contribution in [0.2, 0.25) is 0 Å². The number of esters is 1. The molecule has 3 heterocycles. The highest BCUT2D eigenvalue weighted by molar-refractivity contribution is 5.95. The molecule has 2 aromatic rings. The number of carbonyl (C=O) groups excluding carboxylic acids is 1. The van der Waals surface area contributed by atoms with Crippen LogP contribution in [0.3, 0.4) is 0 Å². The monoisotopic (exact) mass is 333 g/mol. The molecule has 3 N–H and O–H groups in total. The second kappa shape index (κ2) is 6.34. The number of pyridine rings is 1. The molecule has 9 nitrogen and oxygen atoms in total. The third-order valence-electron chi connectivity index (χ3n) is 4.08. The van der Waals surface area contributed by atoms with Crippen molar-refractivity contribution in [1.29, 1.82) is 0 Å². The molecule has 0 aliphatic carbocycles. The first-order chi connectivity index (χ1) is 11.5. The lowest BCUT2D eigenvalue weighted by Gasteiger charge is -2.33. The largest absolute Gasteiger partial charge is 0.478 e. The van der Waals surface area contributed by atoms with Gasteiger partial charge in [-0.1, -0.05) is 0 Å². The molecule has 0 radical (unpaired) electrons. The summed E-state index contributed by atoms with van der Waals surface area (Å²) in [4.78, 5) is 29.5. The molecule has 1 saturated heterocycles. The lowest BCUT2D eigenvalue weighted by molar-refractivity contribution is -0.148. The van der Waals surface area contributed by atoms with Gasteiger partial charge in [-0.05, 0) is 25.8 Å². The number of piperidine rings is 1. The maximum Gasteiger partial charge on any atom is 0.338 e. The van der Waals surface area contributed by atoms with E-state index in [2.05, 4.69) is 10.1 Å². The van der Waals surface area contributed by atoms with Crippen LogP contribution in [-0.4, -0.2) is 51.3 Å². The number of ether oxygens (including phenoxy) is 1. The second-order valence-electron chi connectivity index (χ2n) is 5.69. The van der Waals surface area contributed by atoms with Gasteiger partial charge in [0.15, 0.2) is 5.65 Å². The van der Waals surface area contributed by atoms with E-state index in [1.807, 2.05) is 4.90 Å². The zero-order chi connectivity index (χ0) is 17.3. The molecule has 24 heavy (non-hydrogen) atoms. The summed E-state index contributed by atoms with van der Waals surface area (Å²) in [7, 11) is 0. The first kappa shape index (κ1) is 16.0. The number of anilines is 2. The lowest BCUT2D eigenvalue weighted by Crippen LogP contribution is -2.40. The number of carboxylic acids is 1. The van der Waals surface area contributed by atoms with E-state index in [4.69, 9.17) is 10.5 Å². The Balaban J connectivity index is 1.96. The minimum absolute atomic E-state index is 0.0755. The SMILES string of the molecule is CCOC(=O)C1CCCN(c2cn3nc(N)nc3cc2C(=O)O)C1. The van der Waals surface area contributed by atoms with Gasteiger partial charge >= 0.3 is 11.9 Å². The average molecular weight is 333 g/mol. The van der Waals surface area contributed by atoms with Gasteiger partial charge in [0.25, 0.3) is 0 Å². The summed E-state index contributed by atoms with van der Waals surface area (Å²) in [6.07, 6.45) is 3.10. The molecule has 9 heteroatoms. The summed E-state index contributed by atoms with van der Waals surface area (Å²) >= 11 is 0. The lowest BCUT2D eigenvalue weighted by atomic mass is 9.97. The molecule has 0 spiro atoms. The predicted octanol–water partition coefficient (Wildman–Crippen LogP) is 0.789. The molecule has 1 fully saturated rings. The molecule has 3 rings (SSSR count). The number of nitrogens with zero attached hydrogens (tertiary/aromatic N) is 4. The van der Waals surface area contributed by atoms with Crippen molar-refractivity contribution < 1.29 is 19.4 Å². The number of fused-ring (bicyclic) bond motifs is 1. The minimum atomic E-state index is -1.06. The van der Waals surface area contributed by atoms with Gasteiger partial charge in [0.05, 0.1) is 30.0 Å². The maximum absolute atomic E-state index is 12.0. The number of carbonyl (C=O) groups is 2. The molecular formula is C15H19N5O4. The topological polar surface area (TPSA) is 123 Å². The Bertz CT molecular complexity index is 788. The van der Waals surface area contributed by atoms with Crippen molar-refractivity contribution >= 4 is 29.2 Å². The highest BCUT2D eigenvalue weighted by Crippen LogP contribution is 2.28. The first-order valence-electron chi connectivity index (χ1n) is 7.80. The standard InChI is InChI=1S/C15H19N5O4/c1-2-24-14(23)9-4-3-5-19(7-9)11-8-20-12(17-15(16)18-20)6-10(11)13(21)22/h6,8-9H,2-5,7H2,1H3,(H2,16,18)(H,21,22). The molecular weight excluding hydrogens is 314 g/mol. The predicted molar refractivity (Wildman–Crippen MR) is 85.9 cm³/mol. The fraction of sp³-hybridized carbons (Fsp3) is 0.467. The third-order valence-corrected chi connectivity index (χ3v) is 4.08. The first-order valence-corrected chi connectivity index (χ1v) is 7.80. The molecule has 0 saturated carbocycles. The quantitative estimate of drug-likeness (QED) is 0.787. The van der Waals surface area contributed by atoms with Crippen molar-refractivity contribution in [2.24, 2.45) is 5.92 Å². The van der Waals surface area contributed by atoms with Crippen molar-refractivity contribution in [2.75, 3.05) is 30.3 Å². The van der Waals surface area contributed by atoms with E-state index in [0.29, 0.717) is 31.0 Å². The van der Waals surface area contributed by atoms with Gasteiger partial charge in [-0.2, -0.15) is 4.98 Å². The Kier molecular flexibility index (Phi) is 4.24. The summed E-state index contributed by atoms with van der Waals surface area (Å²) in [6, 6.07) is 1.44. The zero-order valence-electron chi connectivity index (χ0n) is 13.3. The summed E-state index contributed by atoms with van der Waals surface area (Å²) in [5.74, 6) is -1.50. The molecule has 1 atom stereocenters. The van der Waals surface area contributed by atoms with Crippen molar-refractivity contribution in [3.05, 3.63) is 17.8 Å². The van der Waals surface area contributed by atoms with Crippen molar-refractivity contribution in [3.63, 3.8) is 0 Å². The normalized spacial score (nSPS) is 17.9. The van der Waals surface area contributed by atoms with Gasteiger partial charge in [-0.3, -0.25) is 4.79 Å². The van der Waals surface area contributed by atoms with Gasteiger partial charge in [-0.25, -0.2) is 9.31 Å². The number of carboxylic acid groups (broad SMARTS) is 1. The Morgan fingerprint density at radius 3 is 3.00 bits per heavy atom. The summed E-state index contributed by atoms with van der Waals surface area (Å²) < 4.78 is 6.54. The van der Waals surface area contributed by atoms with E-state index < -0.39 is 5.97 Å². The van der Waals surface area contributed by atoms with E-state index in [-0.39, 0.29) is 23.4 Å². The molecule has 0 aromatic carbocycles. The van der Waals surface area contributed by atoms with Crippen LogP contribution in [0.4, 0.5) is 11.6 Å². The third kappa shape index (κ3) is 2.97. The number of aromatic nitrogens is 3. The number of rotatable bonds is 4. The Morgan fingerprint density at radius 1 is 1.50 bits per heavy atom. The Labute approximate surface area is 138 Å². The van der Waals surface area contributed by atoms with Gasteiger partial charge in [-0.15, -0.1) is 5.10 Å². The van der Waals surface area contributed by atoms with E-state index >= 15 is 0 Å². The molecule has 2 aromatic heterocycles. The van der Waals surface area contributed by atoms with Crippen LogP contribution in [-0.2, 0) is 9.53 Å². The number of hydrogen-bond donors (Lipinski definition) is 2. The van der Waals surface area contributed by atoms with Crippen LogP contribution in [0.5, 0.6) is 0 Å². The van der Waals surface area contributed by atoms with E-state index in [9.17, 15) is 14.7 Å². The number of hydrogen-bond acceptors (Lipinski definition) is 7. The molecule has 128 valence electrons. The molecule has 1 aliphatic rings. The minimum Gasteiger partial charge on any atom is -0.478 e. The van der Waals surface area contributed by atoms with Gasteiger partial charge < -0.3 is 20.5 Å². The smallest absolute Gasteiger partial charge is 0.338 e. The number of nitrogens with two attached hydrogens (primary N) is 1. The summed E-state index contributed by atoms with van der Waals surface area (Å²) in [5, 5.41) is 13.5. The van der Waals surface area contributed by atoms with Crippen LogP contribution in [0.25, 0.3) is 5.65 Å². The van der Waals surface area contributed by atoms with Crippen LogP contribution < -0.4 is 10.6 Å². The van der Waals surface area contributed by atoms with Crippen LogP contribution >= 0.6 is 0 Å². The van der Waals surface area contributed by atoms with Crippen molar-refractivity contribution in [3.8, 4) is 0 Å². The molecule has 0 bridgehead atoms. The number of aromatic carboxylic acids is 1. The highest BCUT2D eigenvalue weighted by atomic mass is 16.5. The van der Waals surface area contributed by atoms with Crippen LogP contribution in [0.15, 0.2) is 12.3 Å². The second-order valence-corrected chi connectivity index (χ2v) is 5.69. The average Bonchev–Trinajstić information content (AvgIpc) is 2.93. The highest BCUT2D eigenvalue weighted by Gasteiger charge is 2.29. The summed E-state index contributed by atoms with van der Waals surface area (Å²) in [5.41, 5.74) is 6.55. The molecule has 0 amide bonds. The zero-order valence-corrected chi connectivity index (χ0v) is 13.3. The van der Waals surface area contributed by atoms with Crippen molar-refractivity contribution in [1.82, 2.24) is 14.6 Å². The maximum atomic E-state index is 12.0.